The fourth-order valence-electron chi connectivity index (χ4n) is 0.942. The van der Waals surface area contributed by atoms with Crippen LogP contribution in [0.25, 0.3) is 10.3 Å². The Kier molecular flexibility index (Phi) is 1.88. The zero-order valence-electron chi connectivity index (χ0n) is 7.27. The van der Waals surface area contributed by atoms with Crippen LogP contribution in [0.15, 0.2) is 6.20 Å². The van der Waals surface area contributed by atoms with E-state index in [2.05, 4.69) is 15.0 Å². The summed E-state index contributed by atoms with van der Waals surface area (Å²) < 4.78 is 0. The van der Waals surface area contributed by atoms with Gasteiger partial charge in [-0.3, -0.25) is 0 Å². The Morgan fingerprint density at radius 2 is 2.15 bits per heavy atom. The number of rotatable bonds is 1. The second kappa shape index (κ2) is 2.92. The molecule has 0 unspecified atom stereocenters. The molecule has 0 N–H and O–H groups in total. The third-order valence-corrected chi connectivity index (χ3v) is 2.32. The monoisotopic (exact) mass is 191 g/mol. The van der Waals surface area contributed by atoms with Crippen LogP contribution in [0.3, 0.4) is 0 Å². The van der Waals surface area contributed by atoms with Crippen molar-refractivity contribution in [1.82, 2.24) is 15.0 Å². The molecule has 2 aromatic heterocycles. The van der Waals surface area contributed by atoms with Crippen LogP contribution >= 0.6 is 11.3 Å². The lowest BCUT2D eigenvalue weighted by Crippen LogP contribution is -2.11. The van der Waals surface area contributed by atoms with E-state index in [1.165, 1.54) is 11.3 Å². The molecule has 0 bridgehead atoms. The number of hydrogen-bond donors (Lipinski definition) is 0. The van der Waals surface area contributed by atoms with Gasteiger partial charge in [0.05, 0.1) is 13.1 Å². The summed E-state index contributed by atoms with van der Waals surface area (Å²) >= 11 is 1.26. The highest BCUT2D eigenvalue weighted by Gasteiger charge is 2.05. The van der Waals surface area contributed by atoms with Gasteiger partial charge < -0.3 is 4.90 Å². The molecule has 3 radical (unpaired) electrons. The summed E-state index contributed by atoms with van der Waals surface area (Å²) in [6.45, 7) is 7.33. The molecule has 65 valence electrons. The molecule has 0 atom stereocenters. The maximum Gasteiger partial charge on any atom is 0.226 e. The Morgan fingerprint density at radius 3 is 2.85 bits per heavy atom. The molecule has 5 heteroatoms. The second-order valence-electron chi connectivity index (χ2n) is 2.77. The van der Waals surface area contributed by atoms with Gasteiger partial charge in [-0.15, -0.1) is 0 Å². The summed E-state index contributed by atoms with van der Waals surface area (Å²) in [6.07, 6.45) is 1.65. The summed E-state index contributed by atoms with van der Waals surface area (Å²) in [6, 6.07) is 0. The molecule has 0 aliphatic rings. The summed E-state index contributed by atoms with van der Waals surface area (Å²) in [5.74, 6) is 0.649. The average Bonchev–Trinajstić information content (AvgIpc) is 2.42. The lowest BCUT2D eigenvalue weighted by molar-refractivity contribution is 1.02. The highest BCUT2D eigenvalue weighted by molar-refractivity contribution is 7.18. The van der Waals surface area contributed by atoms with Gasteiger partial charge in [0.1, 0.15) is 15.4 Å². The number of fused-ring (bicyclic) bond motifs is 1. The van der Waals surface area contributed by atoms with Crippen LogP contribution in [0.5, 0.6) is 0 Å². The van der Waals surface area contributed by atoms with E-state index >= 15 is 0 Å². The first-order chi connectivity index (χ1) is 6.16. The fourth-order valence-corrected chi connectivity index (χ4v) is 1.60. The van der Waals surface area contributed by atoms with Crippen LogP contribution in [0.4, 0.5) is 5.95 Å². The summed E-state index contributed by atoms with van der Waals surface area (Å²) in [4.78, 5) is 14.9. The number of hydrogen-bond acceptors (Lipinski definition) is 5. The summed E-state index contributed by atoms with van der Waals surface area (Å²) in [5.41, 5.74) is 0.695. The Labute approximate surface area is 80.3 Å². The molecule has 0 saturated heterocycles. The summed E-state index contributed by atoms with van der Waals surface area (Å²) in [7, 11) is 3.76. The molecule has 2 aromatic rings. The maximum absolute atomic E-state index is 7.33. The van der Waals surface area contributed by atoms with Crippen molar-refractivity contribution in [3.05, 3.63) is 18.1 Å². The van der Waals surface area contributed by atoms with Gasteiger partial charge in [-0.05, 0) is 0 Å². The zero-order valence-corrected chi connectivity index (χ0v) is 8.09. The molecule has 4 nitrogen and oxygen atoms in total. The van der Waals surface area contributed by atoms with Crippen LogP contribution in [0, 0.1) is 6.92 Å². The molecule has 0 amide bonds. The normalized spacial score (nSPS) is 10.7. The quantitative estimate of drug-likeness (QED) is 0.676. The van der Waals surface area contributed by atoms with Crippen molar-refractivity contribution in [3.8, 4) is 0 Å². The molecule has 0 aliphatic heterocycles. The van der Waals surface area contributed by atoms with Gasteiger partial charge in [0, 0.05) is 14.1 Å². The number of anilines is 1. The molecular weight excluding hydrogens is 184 g/mol. The van der Waals surface area contributed by atoms with E-state index in [0.717, 1.165) is 4.83 Å². The van der Waals surface area contributed by atoms with Gasteiger partial charge in [-0.1, -0.05) is 11.3 Å². The van der Waals surface area contributed by atoms with Crippen molar-refractivity contribution in [3.63, 3.8) is 0 Å². The molecule has 0 fully saturated rings. The van der Waals surface area contributed by atoms with Crippen LogP contribution < -0.4 is 4.90 Å². The minimum Gasteiger partial charge on any atom is -0.347 e. The molecule has 2 heterocycles. The van der Waals surface area contributed by atoms with Crippen molar-refractivity contribution in [2.75, 3.05) is 19.0 Å². The van der Waals surface area contributed by atoms with Crippen molar-refractivity contribution in [2.24, 2.45) is 0 Å². The van der Waals surface area contributed by atoms with E-state index < -0.39 is 0 Å². The van der Waals surface area contributed by atoms with Crippen molar-refractivity contribution in [2.45, 2.75) is 0 Å². The average molecular weight is 191 g/mol. The maximum atomic E-state index is 7.33. The molecule has 0 spiro atoms. The number of aromatic nitrogens is 3. The molecule has 13 heavy (non-hydrogen) atoms. The number of nitrogens with zero attached hydrogens (tertiary/aromatic N) is 4. The molecule has 2 rings (SSSR count). The summed E-state index contributed by atoms with van der Waals surface area (Å²) in [5, 5.41) is 0.278. The SMILES string of the molecule is [C]c1nc2cnc(N(C)C)nc2s1. The predicted octanol–water partition coefficient (Wildman–Crippen LogP) is 1.09. The van der Waals surface area contributed by atoms with Crippen LogP contribution in [0.2, 0.25) is 0 Å². The molecule has 0 saturated carbocycles. The van der Waals surface area contributed by atoms with E-state index in [1.807, 2.05) is 19.0 Å². The lowest BCUT2D eigenvalue weighted by atomic mass is 10.6. The van der Waals surface area contributed by atoms with Crippen LogP contribution in [-0.2, 0) is 0 Å². The third kappa shape index (κ3) is 1.47. The van der Waals surface area contributed by atoms with E-state index in [1.54, 1.807) is 6.20 Å². The largest absolute Gasteiger partial charge is 0.347 e. The van der Waals surface area contributed by atoms with Gasteiger partial charge in [0.15, 0.2) is 0 Å². The lowest BCUT2D eigenvalue weighted by Gasteiger charge is -2.07. The van der Waals surface area contributed by atoms with Crippen LogP contribution in [-0.4, -0.2) is 29.0 Å². The third-order valence-electron chi connectivity index (χ3n) is 1.54. The van der Waals surface area contributed by atoms with Gasteiger partial charge in [0.2, 0.25) is 5.95 Å². The van der Waals surface area contributed by atoms with E-state index in [4.69, 9.17) is 6.92 Å². The van der Waals surface area contributed by atoms with Crippen molar-refractivity contribution in [1.29, 1.82) is 0 Å². The molecule has 0 aromatic carbocycles. The smallest absolute Gasteiger partial charge is 0.226 e. The minimum absolute atomic E-state index is 0.278. The van der Waals surface area contributed by atoms with E-state index in [0.29, 0.717) is 11.5 Å². The number of thiazole rings is 1. The Bertz CT molecular complexity index is 435. The minimum atomic E-state index is 0.278. The predicted molar refractivity (Wildman–Crippen MR) is 51.9 cm³/mol. The van der Waals surface area contributed by atoms with Gasteiger partial charge >= 0.3 is 0 Å². The fraction of sp³-hybridized carbons (Fsp3) is 0.250. The first kappa shape index (κ1) is 8.37. The Hall–Kier alpha value is -1.23. The van der Waals surface area contributed by atoms with E-state index in [9.17, 15) is 0 Å². The van der Waals surface area contributed by atoms with Gasteiger partial charge in [0.25, 0.3) is 0 Å². The van der Waals surface area contributed by atoms with Crippen molar-refractivity contribution < 1.29 is 0 Å². The van der Waals surface area contributed by atoms with Gasteiger partial charge in [-0.2, -0.15) is 0 Å². The highest BCUT2D eigenvalue weighted by Crippen LogP contribution is 2.19. The Morgan fingerprint density at radius 1 is 1.38 bits per heavy atom. The first-order valence-corrected chi connectivity index (χ1v) is 4.51. The molecule has 0 aliphatic carbocycles. The topological polar surface area (TPSA) is 41.9 Å². The van der Waals surface area contributed by atoms with E-state index in [-0.39, 0.29) is 5.01 Å². The molecular formula is C8H7N4S. The second-order valence-corrected chi connectivity index (χ2v) is 3.75. The highest BCUT2D eigenvalue weighted by atomic mass is 32.1. The first-order valence-electron chi connectivity index (χ1n) is 3.69. The Balaban J connectivity index is 2.61. The van der Waals surface area contributed by atoms with Crippen molar-refractivity contribution >= 4 is 27.6 Å². The standard InChI is InChI=1S/C8H7N4S/c1-5-10-6-4-9-8(12(2)3)11-7(6)13-5/h4H,2-3H3. The van der Waals surface area contributed by atoms with Crippen LogP contribution in [0.1, 0.15) is 5.01 Å². The zero-order chi connectivity index (χ0) is 9.42. The van der Waals surface area contributed by atoms with Gasteiger partial charge in [-0.25, -0.2) is 15.0 Å².